The number of rotatable bonds is 4. The number of anilines is 1. The molecule has 1 unspecified atom stereocenters. The second-order valence-electron chi connectivity index (χ2n) is 13.1. The van der Waals surface area contributed by atoms with Gasteiger partial charge in [0.15, 0.2) is 0 Å². The molecule has 42 heavy (non-hydrogen) atoms. The molecule has 0 amide bonds. The number of hydrogen-bond acceptors (Lipinski definition) is 5. The van der Waals surface area contributed by atoms with E-state index < -0.39 is 27.5 Å². The van der Waals surface area contributed by atoms with Gasteiger partial charge < -0.3 is 4.74 Å². The van der Waals surface area contributed by atoms with Crippen molar-refractivity contribution >= 4 is 16.0 Å². The first-order valence-electron chi connectivity index (χ1n) is 14.7. The molecule has 6 nitrogen and oxygen atoms in total. The highest BCUT2D eigenvalue weighted by atomic mass is 32.2. The SMILES string of the molecule is Cc1cccc(C)c1-c1cc2nc(n1)NS(=O)(=O)c1cccc(c1)C(C1CC3(CC3)C1)[C@@H](CC1(C(F)(F)F)CC1)CO2. The van der Waals surface area contributed by atoms with Gasteiger partial charge in [-0.25, -0.2) is 18.1 Å². The summed E-state index contributed by atoms with van der Waals surface area (Å²) >= 11 is 0. The van der Waals surface area contributed by atoms with Crippen molar-refractivity contribution in [3.63, 3.8) is 0 Å². The summed E-state index contributed by atoms with van der Waals surface area (Å²) in [4.78, 5) is 8.96. The Morgan fingerprint density at radius 2 is 1.67 bits per heavy atom. The van der Waals surface area contributed by atoms with E-state index in [-0.39, 0.29) is 54.4 Å². The number of hydrogen-bond donors (Lipinski definition) is 1. The average Bonchev–Trinajstić information content (AvgIpc) is 3.82. The number of nitrogens with zero attached hydrogens (tertiary/aromatic N) is 2. The lowest BCUT2D eigenvalue weighted by molar-refractivity contribution is -0.193. The van der Waals surface area contributed by atoms with E-state index in [0.29, 0.717) is 11.1 Å². The zero-order valence-electron chi connectivity index (χ0n) is 23.7. The Morgan fingerprint density at radius 3 is 2.31 bits per heavy atom. The number of nitrogens with one attached hydrogen (secondary N) is 1. The van der Waals surface area contributed by atoms with Gasteiger partial charge in [0.2, 0.25) is 11.8 Å². The van der Waals surface area contributed by atoms with E-state index in [1.54, 1.807) is 18.2 Å². The number of ether oxygens (including phenoxy) is 1. The summed E-state index contributed by atoms with van der Waals surface area (Å²) < 4.78 is 79.0. The Morgan fingerprint density at radius 1 is 0.976 bits per heavy atom. The van der Waals surface area contributed by atoms with Crippen molar-refractivity contribution in [3.8, 4) is 17.1 Å². The second kappa shape index (κ2) is 9.43. The molecule has 2 aromatic carbocycles. The molecular formula is C32H34F3N3O3S. The highest BCUT2D eigenvalue weighted by molar-refractivity contribution is 7.92. The third-order valence-corrected chi connectivity index (χ3v) is 11.5. The minimum absolute atomic E-state index is 0.0466. The monoisotopic (exact) mass is 597 g/mol. The van der Waals surface area contributed by atoms with Gasteiger partial charge in [-0.3, -0.25) is 0 Å². The van der Waals surface area contributed by atoms with Crippen LogP contribution in [-0.2, 0) is 10.0 Å². The van der Waals surface area contributed by atoms with Crippen molar-refractivity contribution in [2.75, 3.05) is 11.3 Å². The maximum absolute atomic E-state index is 14.3. The number of aryl methyl sites for hydroxylation is 2. The molecule has 2 heterocycles. The zero-order valence-corrected chi connectivity index (χ0v) is 24.5. The first-order chi connectivity index (χ1) is 19.9. The Labute approximate surface area is 244 Å². The minimum atomic E-state index is -4.30. The number of alkyl halides is 3. The van der Waals surface area contributed by atoms with Gasteiger partial charge in [0.05, 0.1) is 22.6 Å². The van der Waals surface area contributed by atoms with Gasteiger partial charge in [0, 0.05) is 17.5 Å². The molecule has 0 radical (unpaired) electrons. The van der Waals surface area contributed by atoms with Gasteiger partial charge >= 0.3 is 6.18 Å². The summed E-state index contributed by atoms with van der Waals surface area (Å²) in [5, 5.41) is 0. The van der Waals surface area contributed by atoms with Crippen molar-refractivity contribution in [1.82, 2.24) is 9.97 Å². The van der Waals surface area contributed by atoms with E-state index in [1.807, 2.05) is 38.1 Å². The lowest BCUT2D eigenvalue weighted by Gasteiger charge is -2.45. The molecule has 2 atom stereocenters. The summed E-state index contributed by atoms with van der Waals surface area (Å²) in [6, 6.07) is 14.2. The highest BCUT2D eigenvalue weighted by Crippen LogP contribution is 2.68. The van der Waals surface area contributed by atoms with E-state index in [1.165, 1.54) is 6.07 Å². The number of aromatic nitrogens is 2. The van der Waals surface area contributed by atoms with E-state index >= 15 is 0 Å². The normalized spacial score (nSPS) is 25.3. The van der Waals surface area contributed by atoms with Gasteiger partial charge in [-0.2, -0.15) is 18.2 Å². The standard InChI is InChI=1S/C32H34F3N3O3S/c1-19-5-3-6-20(2)27(19)25-14-26-37-29(36-25)38-42(39,40)24-8-4-7-21(13-24)28(22-15-30(16-22)9-10-30)23(18-41-26)17-31(11-12-31)32(33,34)35/h3-8,13-14,22-23,28H,9-12,15-18H2,1-2H3,(H,36,37,38)/t23-,28?/m0/s1. The van der Waals surface area contributed by atoms with Crippen molar-refractivity contribution in [1.29, 1.82) is 0 Å². The summed E-state index contributed by atoms with van der Waals surface area (Å²) in [5.74, 6) is -0.567. The smallest absolute Gasteiger partial charge is 0.394 e. The average molecular weight is 598 g/mol. The van der Waals surface area contributed by atoms with Gasteiger partial charge in [0.25, 0.3) is 10.0 Å². The molecule has 1 aromatic heterocycles. The largest absolute Gasteiger partial charge is 0.477 e. The van der Waals surface area contributed by atoms with Gasteiger partial charge in [0.1, 0.15) is 0 Å². The molecule has 4 aliphatic rings. The molecule has 10 heteroatoms. The molecule has 0 saturated heterocycles. The molecule has 1 N–H and O–H groups in total. The van der Waals surface area contributed by atoms with Crippen LogP contribution in [-0.4, -0.2) is 31.2 Å². The lowest BCUT2D eigenvalue weighted by atomic mass is 9.60. The molecule has 222 valence electrons. The van der Waals surface area contributed by atoms with Crippen molar-refractivity contribution < 1.29 is 26.3 Å². The first kappa shape index (κ1) is 27.7. The molecule has 1 spiro atoms. The van der Waals surface area contributed by atoms with E-state index in [0.717, 1.165) is 47.9 Å². The lowest BCUT2D eigenvalue weighted by Crippen LogP contribution is -2.39. The predicted molar refractivity (Wildman–Crippen MR) is 153 cm³/mol. The molecule has 4 bridgehead atoms. The van der Waals surface area contributed by atoms with Crippen LogP contribution in [0.5, 0.6) is 5.88 Å². The molecule has 3 aliphatic carbocycles. The van der Waals surface area contributed by atoms with E-state index in [2.05, 4.69) is 14.7 Å². The fourth-order valence-corrected chi connectivity index (χ4v) is 8.52. The van der Waals surface area contributed by atoms with Crippen molar-refractivity contribution in [2.45, 2.75) is 75.8 Å². The second-order valence-corrected chi connectivity index (χ2v) is 14.8. The molecule has 1 aliphatic heterocycles. The number of halogens is 3. The predicted octanol–water partition coefficient (Wildman–Crippen LogP) is 7.58. The summed E-state index contributed by atoms with van der Waals surface area (Å²) in [5.41, 5.74) is 2.56. The summed E-state index contributed by atoms with van der Waals surface area (Å²) in [6.07, 6.45) is 0.0997. The van der Waals surface area contributed by atoms with Crippen LogP contribution >= 0.6 is 0 Å². The van der Waals surface area contributed by atoms with Gasteiger partial charge in [-0.05, 0) is 105 Å². The van der Waals surface area contributed by atoms with E-state index in [4.69, 9.17) is 4.74 Å². The Kier molecular flexibility index (Phi) is 6.21. The third kappa shape index (κ3) is 4.85. The molecular weight excluding hydrogens is 563 g/mol. The number of fused-ring (bicyclic) bond motifs is 4. The molecule has 3 saturated carbocycles. The molecule has 7 rings (SSSR count). The molecule has 3 fully saturated rings. The Balaban J connectivity index is 1.35. The summed E-state index contributed by atoms with van der Waals surface area (Å²) in [7, 11) is -4.09. The van der Waals surface area contributed by atoms with E-state index in [9.17, 15) is 21.6 Å². The number of sulfonamides is 1. The fourth-order valence-electron chi connectivity index (χ4n) is 7.52. The van der Waals surface area contributed by atoms with Crippen LogP contribution in [0, 0.1) is 36.5 Å². The van der Waals surface area contributed by atoms with Gasteiger partial charge in [-0.1, -0.05) is 30.3 Å². The third-order valence-electron chi connectivity index (χ3n) is 10.1. The quantitative estimate of drug-likeness (QED) is 0.335. The van der Waals surface area contributed by atoms with Crippen molar-refractivity contribution in [3.05, 3.63) is 65.2 Å². The minimum Gasteiger partial charge on any atom is -0.477 e. The Hall–Kier alpha value is -3.14. The van der Waals surface area contributed by atoms with Crippen LogP contribution in [0.3, 0.4) is 0 Å². The maximum atomic E-state index is 14.3. The topological polar surface area (TPSA) is 81.2 Å². The number of benzene rings is 2. The first-order valence-corrected chi connectivity index (χ1v) is 16.1. The highest BCUT2D eigenvalue weighted by Gasteiger charge is 2.64. The van der Waals surface area contributed by atoms with Crippen LogP contribution in [0.4, 0.5) is 19.1 Å². The van der Waals surface area contributed by atoms with Crippen LogP contribution < -0.4 is 9.46 Å². The zero-order chi connectivity index (χ0) is 29.5. The van der Waals surface area contributed by atoms with Crippen LogP contribution in [0.15, 0.2) is 53.4 Å². The maximum Gasteiger partial charge on any atom is 0.394 e. The van der Waals surface area contributed by atoms with Crippen LogP contribution in [0.2, 0.25) is 0 Å². The summed E-state index contributed by atoms with van der Waals surface area (Å²) in [6.45, 7) is 3.93. The van der Waals surface area contributed by atoms with Crippen molar-refractivity contribution in [2.24, 2.45) is 22.7 Å². The fraction of sp³-hybridized carbons (Fsp3) is 0.500. The van der Waals surface area contributed by atoms with Crippen LogP contribution in [0.25, 0.3) is 11.3 Å². The van der Waals surface area contributed by atoms with Crippen LogP contribution in [0.1, 0.15) is 67.6 Å². The van der Waals surface area contributed by atoms with Gasteiger partial charge in [-0.15, -0.1) is 0 Å². The molecule has 3 aromatic rings. The Bertz CT molecular complexity index is 1640.